The summed E-state index contributed by atoms with van der Waals surface area (Å²) in [6.07, 6.45) is 1.77. The number of pyridine rings is 1. The zero-order valence-corrected chi connectivity index (χ0v) is 11.2. The second kappa shape index (κ2) is 4.94. The highest BCUT2D eigenvalue weighted by atomic mass is 35.5. The molecular weight excluding hydrogens is 258 g/mol. The fraction of sp³-hybridized carbons (Fsp3) is 0.133. The van der Waals surface area contributed by atoms with Gasteiger partial charge in [-0.2, -0.15) is 0 Å². The molecule has 19 heavy (non-hydrogen) atoms. The van der Waals surface area contributed by atoms with Crippen molar-refractivity contribution in [2.75, 3.05) is 0 Å². The fourth-order valence-corrected chi connectivity index (χ4v) is 2.20. The molecule has 0 N–H and O–H groups in total. The summed E-state index contributed by atoms with van der Waals surface area (Å²) < 4.78 is 0. The van der Waals surface area contributed by atoms with Gasteiger partial charge in [0.2, 0.25) is 0 Å². The monoisotopic (exact) mass is 269 g/mol. The maximum atomic E-state index is 5.81. The topological polar surface area (TPSA) is 38.7 Å². The molecule has 4 heteroatoms. The van der Waals surface area contributed by atoms with Crippen molar-refractivity contribution >= 4 is 22.5 Å². The van der Waals surface area contributed by atoms with Gasteiger partial charge < -0.3 is 0 Å². The molecule has 0 amide bonds. The van der Waals surface area contributed by atoms with Crippen LogP contribution in [0.3, 0.4) is 0 Å². The molecule has 0 aliphatic rings. The first kappa shape index (κ1) is 12.1. The standard InChI is InChI=1S/C15H12ClN3/c1-10-12(8-16)9-17-15(18-10)14-7-6-11-4-2-3-5-13(11)19-14/h2-7,9H,8H2,1H3. The van der Waals surface area contributed by atoms with Gasteiger partial charge in [-0.15, -0.1) is 11.6 Å². The number of para-hydroxylation sites is 1. The van der Waals surface area contributed by atoms with Crippen LogP contribution in [0.5, 0.6) is 0 Å². The fourth-order valence-electron chi connectivity index (χ4n) is 1.94. The second-order valence-corrected chi connectivity index (χ2v) is 4.59. The van der Waals surface area contributed by atoms with Gasteiger partial charge in [-0.05, 0) is 19.1 Å². The summed E-state index contributed by atoms with van der Waals surface area (Å²) in [4.78, 5) is 13.4. The van der Waals surface area contributed by atoms with E-state index in [0.717, 1.165) is 27.9 Å². The minimum Gasteiger partial charge on any atom is -0.244 e. The van der Waals surface area contributed by atoms with Gasteiger partial charge in [-0.3, -0.25) is 0 Å². The van der Waals surface area contributed by atoms with Crippen molar-refractivity contribution in [1.29, 1.82) is 0 Å². The molecule has 0 saturated heterocycles. The summed E-state index contributed by atoms with van der Waals surface area (Å²) in [5, 5.41) is 1.11. The Morgan fingerprint density at radius 3 is 2.68 bits per heavy atom. The van der Waals surface area contributed by atoms with Gasteiger partial charge >= 0.3 is 0 Å². The van der Waals surface area contributed by atoms with Crippen LogP contribution >= 0.6 is 11.6 Å². The summed E-state index contributed by atoms with van der Waals surface area (Å²) in [7, 11) is 0. The predicted octanol–water partition coefficient (Wildman–Crippen LogP) is 3.74. The molecule has 0 aliphatic heterocycles. The van der Waals surface area contributed by atoms with Crippen molar-refractivity contribution in [2.45, 2.75) is 12.8 Å². The minimum absolute atomic E-state index is 0.428. The molecule has 0 atom stereocenters. The van der Waals surface area contributed by atoms with Gasteiger partial charge in [0.1, 0.15) is 5.69 Å². The average Bonchev–Trinajstić information content (AvgIpc) is 2.46. The SMILES string of the molecule is Cc1nc(-c2ccc3ccccc3n2)ncc1CCl. The molecule has 0 aliphatic carbocycles. The van der Waals surface area contributed by atoms with Gasteiger partial charge in [0.05, 0.1) is 11.4 Å². The molecule has 94 valence electrons. The van der Waals surface area contributed by atoms with Crippen LogP contribution in [0.2, 0.25) is 0 Å². The number of halogens is 1. The number of benzene rings is 1. The number of hydrogen-bond donors (Lipinski definition) is 0. The highest BCUT2D eigenvalue weighted by molar-refractivity contribution is 6.17. The smallest absolute Gasteiger partial charge is 0.178 e. The van der Waals surface area contributed by atoms with E-state index < -0.39 is 0 Å². The maximum absolute atomic E-state index is 5.81. The Balaban J connectivity index is 2.11. The third-order valence-corrected chi connectivity index (χ3v) is 3.34. The van der Waals surface area contributed by atoms with Crippen LogP contribution in [0, 0.1) is 6.92 Å². The van der Waals surface area contributed by atoms with Crippen LogP contribution in [0.1, 0.15) is 11.3 Å². The van der Waals surface area contributed by atoms with Gasteiger partial charge in [0, 0.05) is 22.8 Å². The normalized spacial score (nSPS) is 10.8. The van der Waals surface area contributed by atoms with Crippen molar-refractivity contribution in [3.63, 3.8) is 0 Å². The van der Waals surface area contributed by atoms with Gasteiger partial charge in [0.15, 0.2) is 5.82 Å². The van der Waals surface area contributed by atoms with E-state index in [9.17, 15) is 0 Å². The third kappa shape index (κ3) is 2.29. The highest BCUT2D eigenvalue weighted by Gasteiger charge is 2.07. The Kier molecular flexibility index (Phi) is 3.13. The second-order valence-electron chi connectivity index (χ2n) is 4.33. The molecule has 0 saturated carbocycles. The predicted molar refractivity (Wildman–Crippen MR) is 77.1 cm³/mol. The van der Waals surface area contributed by atoms with Crippen LogP contribution in [-0.2, 0) is 5.88 Å². The van der Waals surface area contributed by atoms with Crippen molar-refractivity contribution < 1.29 is 0 Å². The van der Waals surface area contributed by atoms with E-state index in [4.69, 9.17) is 11.6 Å². The third-order valence-electron chi connectivity index (χ3n) is 3.05. The van der Waals surface area contributed by atoms with Crippen LogP contribution < -0.4 is 0 Å². The molecule has 3 nitrogen and oxygen atoms in total. The number of alkyl halides is 1. The Bertz CT molecular complexity index is 740. The summed E-state index contributed by atoms with van der Waals surface area (Å²) in [5.41, 5.74) is 3.58. The number of aromatic nitrogens is 3. The quantitative estimate of drug-likeness (QED) is 0.665. The summed E-state index contributed by atoms with van der Waals surface area (Å²) >= 11 is 5.81. The van der Waals surface area contributed by atoms with Crippen LogP contribution in [-0.4, -0.2) is 15.0 Å². The summed E-state index contributed by atoms with van der Waals surface area (Å²) in [6, 6.07) is 12.0. The van der Waals surface area contributed by atoms with Crippen molar-refractivity contribution in [3.05, 3.63) is 53.9 Å². The molecule has 0 spiro atoms. The first-order valence-electron chi connectivity index (χ1n) is 6.02. The molecular formula is C15H12ClN3. The largest absolute Gasteiger partial charge is 0.244 e. The summed E-state index contributed by atoms with van der Waals surface area (Å²) in [6.45, 7) is 1.93. The first-order valence-corrected chi connectivity index (χ1v) is 6.56. The molecule has 3 rings (SSSR count). The van der Waals surface area contributed by atoms with Crippen LogP contribution in [0.25, 0.3) is 22.4 Å². The van der Waals surface area contributed by atoms with Gasteiger partial charge in [-0.1, -0.05) is 24.3 Å². The number of nitrogens with zero attached hydrogens (tertiary/aromatic N) is 3. The zero-order chi connectivity index (χ0) is 13.2. The number of rotatable bonds is 2. The lowest BCUT2D eigenvalue weighted by molar-refractivity contribution is 1.05. The zero-order valence-electron chi connectivity index (χ0n) is 10.5. The Hall–Kier alpha value is -2.00. The molecule has 2 heterocycles. The van der Waals surface area contributed by atoms with Crippen molar-refractivity contribution in [2.24, 2.45) is 0 Å². The molecule has 3 aromatic rings. The van der Waals surface area contributed by atoms with Gasteiger partial charge in [0.25, 0.3) is 0 Å². The van der Waals surface area contributed by atoms with Crippen molar-refractivity contribution in [3.8, 4) is 11.5 Å². The van der Waals surface area contributed by atoms with E-state index in [1.165, 1.54) is 0 Å². The Morgan fingerprint density at radius 1 is 1.05 bits per heavy atom. The molecule has 0 fully saturated rings. The number of fused-ring (bicyclic) bond motifs is 1. The number of hydrogen-bond acceptors (Lipinski definition) is 3. The van der Waals surface area contributed by atoms with E-state index in [0.29, 0.717) is 11.7 Å². The van der Waals surface area contributed by atoms with E-state index in [1.54, 1.807) is 6.20 Å². The maximum Gasteiger partial charge on any atom is 0.178 e. The molecule has 1 aromatic carbocycles. The Morgan fingerprint density at radius 2 is 1.89 bits per heavy atom. The minimum atomic E-state index is 0.428. The molecule has 0 bridgehead atoms. The highest BCUT2D eigenvalue weighted by Crippen LogP contribution is 2.19. The van der Waals surface area contributed by atoms with E-state index in [1.807, 2.05) is 43.3 Å². The van der Waals surface area contributed by atoms with Crippen LogP contribution in [0.15, 0.2) is 42.6 Å². The first-order chi connectivity index (χ1) is 9.28. The molecule has 0 unspecified atom stereocenters. The van der Waals surface area contributed by atoms with Crippen LogP contribution in [0.4, 0.5) is 0 Å². The Labute approximate surface area is 116 Å². The summed E-state index contributed by atoms with van der Waals surface area (Å²) in [5.74, 6) is 1.06. The molecule has 0 radical (unpaired) electrons. The molecule has 2 aromatic heterocycles. The van der Waals surface area contributed by atoms with E-state index in [2.05, 4.69) is 15.0 Å². The van der Waals surface area contributed by atoms with Crippen molar-refractivity contribution in [1.82, 2.24) is 15.0 Å². The van der Waals surface area contributed by atoms with E-state index >= 15 is 0 Å². The lowest BCUT2D eigenvalue weighted by Gasteiger charge is -2.05. The number of aryl methyl sites for hydroxylation is 1. The lowest BCUT2D eigenvalue weighted by atomic mass is 10.2. The average molecular weight is 270 g/mol. The lowest BCUT2D eigenvalue weighted by Crippen LogP contribution is -1.97. The van der Waals surface area contributed by atoms with Gasteiger partial charge in [-0.25, -0.2) is 15.0 Å². The van der Waals surface area contributed by atoms with E-state index in [-0.39, 0.29) is 0 Å².